The van der Waals surface area contributed by atoms with Gasteiger partial charge in [-0.2, -0.15) is 0 Å². The number of carboxylic acids is 1. The van der Waals surface area contributed by atoms with E-state index in [2.05, 4.69) is 5.32 Å². The van der Waals surface area contributed by atoms with Gasteiger partial charge in [0.2, 0.25) is 5.91 Å². The number of hydrogen-bond donors (Lipinski definition) is 3. The molecule has 0 aliphatic rings. The Labute approximate surface area is 125 Å². The van der Waals surface area contributed by atoms with Crippen molar-refractivity contribution >= 4 is 11.9 Å². The fraction of sp³-hybridized carbons (Fsp3) is 0.500. The normalized spacial score (nSPS) is 14.3. The Morgan fingerprint density at radius 1 is 1.19 bits per heavy atom. The molecule has 0 heterocycles. The minimum absolute atomic E-state index is 0.101. The average molecular weight is 292 g/mol. The first-order valence-corrected chi connectivity index (χ1v) is 7.02. The van der Waals surface area contributed by atoms with Crippen LogP contribution in [0.2, 0.25) is 0 Å². The molecule has 1 aromatic rings. The molecule has 2 unspecified atom stereocenters. The summed E-state index contributed by atoms with van der Waals surface area (Å²) in [7, 11) is 0. The largest absolute Gasteiger partial charge is 0.481 e. The molecule has 0 saturated carbocycles. The Bertz CT molecular complexity index is 480. The third-order valence-electron chi connectivity index (χ3n) is 3.39. The van der Waals surface area contributed by atoms with Crippen molar-refractivity contribution in [1.29, 1.82) is 0 Å². The number of aliphatic carboxylic acids is 1. The van der Waals surface area contributed by atoms with Crippen molar-refractivity contribution in [2.75, 3.05) is 0 Å². The molecule has 4 N–H and O–H groups in total. The molecule has 1 rings (SSSR count). The van der Waals surface area contributed by atoms with Crippen LogP contribution in [-0.2, 0) is 9.59 Å². The number of rotatable bonds is 6. The summed E-state index contributed by atoms with van der Waals surface area (Å²) in [5, 5.41) is 11.7. The highest BCUT2D eigenvalue weighted by Crippen LogP contribution is 2.22. The number of hydrogen-bond acceptors (Lipinski definition) is 3. The van der Waals surface area contributed by atoms with Gasteiger partial charge in [-0.3, -0.25) is 9.59 Å². The number of nitrogens with one attached hydrogen (secondary N) is 1. The van der Waals surface area contributed by atoms with E-state index >= 15 is 0 Å². The zero-order chi connectivity index (χ0) is 16.0. The van der Waals surface area contributed by atoms with Crippen LogP contribution in [0.4, 0.5) is 0 Å². The zero-order valence-corrected chi connectivity index (χ0v) is 12.8. The smallest absolute Gasteiger partial charge is 0.305 e. The van der Waals surface area contributed by atoms with Gasteiger partial charge in [0, 0.05) is 18.5 Å². The highest BCUT2D eigenvalue weighted by molar-refractivity contribution is 5.78. The van der Waals surface area contributed by atoms with Crippen LogP contribution in [-0.4, -0.2) is 23.0 Å². The van der Waals surface area contributed by atoms with E-state index in [9.17, 15) is 9.59 Å². The maximum atomic E-state index is 12.1. The Morgan fingerprint density at radius 2 is 1.76 bits per heavy atom. The number of amides is 1. The van der Waals surface area contributed by atoms with Gasteiger partial charge in [-0.15, -0.1) is 0 Å². The van der Waals surface area contributed by atoms with Crippen LogP contribution in [0.25, 0.3) is 0 Å². The summed E-state index contributed by atoms with van der Waals surface area (Å²) in [6, 6.07) is 8.55. The van der Waals surface area contributed by atoms with E-state index in [0.717, 1.165) is 5.56 Å². The SMILES string of the molecule is CC(C)(C)C(CC(=O)O)NC(=O)CC(N)c1ccccc1. The van der Waals surface area contributed by atoms with E-state index in [-0.39, 0.29) is 24.2 Å². The number of nitrogens with two attached hydrogens (primary N) is 1. The van der Waals surface area contributed by atoms with Crippen LogP contribution in [0.1, 0.15) is 45.2 Å². The van der Waals surface area contributed by atoms with E-state index in [4.69, 9.17) is 10.8 Å². The van der Waals surface area contributed by atoms with Crippen molar-refractivity contribution < 1.29 is 14.7 Å². The van der Waals surface area contributed by atoms with Gasteiger partial charge in [-0.05, 0) is 11.0 Å². The van der Waals surface area contributed by atoms with E-state index in [0.29, 0.717) is 0 Å². The van der Waals surface area contributed by atoms with Crippen LogP contribution >= 0.6 is 0 Å². The molecular formula is C16H24N2O3. The van der Waals surface area contributed by atoms with Gasteiger partial charge in [0.25, 0.3) is 0 Å². The first-order valence-electron chi connectivity index (χ1n) is 7.02. The lowest BCUT2D eigenvalue weighted by Crippen LogP contribution is -2.45. The molecule has 21 heavy (non-hydrogen) atoms. The molecule has 0 bridgehead atoms. The Kier molecular flexibility index (Phi) is 5.90. The van der Waals surface area contributed by atoms with Crippen LogP contribution in [0.5, 0.6) is 0 Å². The fourth-order valence-electron chi connectivity index (χ4n) is 2.02. The summed E-state index contributed by atoms with van der Waals surface area (Å²) in [5.41, 5.74) is 6.56. The summed E-state index contributed by atoms with van der Waals surface area (Å²) >= 11 is 0. The fourth-order valence-corrected chi connectivity index (χ4v) is 2.02. The molecule has 0 aromatic heterocycles. The quantitative estimate of drug-likeness (QED) is 0.748. The molecule has 0 radical (unpaired) electrons. The second-order valence-corrected chi connectivity index (χ2v) is 6.31. The average Bonchev–Trinajstić information content (AvgIpc) is 2.37. The third-order valence-corrected chi connectivity index (χ3v) is 3.39. The minimum atomic E-state index is -0.928. The highest BCUT2D eigenvalue weighted by atomic mass is 16.4. The molecule has 116 valence electrons. The van der Waals surface area contributed by atoms with Crippen molar-refractivity contribution in [3.05, 3.63) is 35.9 Å². The minimum Gasteiger partial charge on any atom is -0.481 e. The van der Waals surface area contributed by atoms with Crippen molar-refractivity contribution in [2.24, 2.45) is 11.1 Å². The summed E-state index contributed by atoms with van der Waals surface area (Å²) in [5.74, 6) is -1.16. The predicted octanol–water partition coefficient (Wildman–Crippen LogP) is 2.08. The van der Waals surface area contributed by atoms with E-state index in [1.54, 1.807) is 0 Å². The molecule has 0 saturated heterocycles. The second-order valence-electron chi connectivity index (χ2n) is 6.31. The van der Waals surface area contributed by atoms with Gasteiger partial charge in [-0.25, -0.2) is 0 Å². The predicted molar refractivity (Wildman–Crippen MR) is 81.6 cm³/mol. The first-order chi connectivity index (χ1) is 9.70. The summed E-state index contributed by atoms with van der Waals surface area (Å²) in [6.45, 7) is 5.70. The Hall–Kier alpha value is -1.88. The lowest BCUT2D eigenvalue weighted by Gasteiger charge is -2.30. The van der Waals surface area contributed by atoms with Gasteiger partial charge < -0.3 is 16.2 Å². The van der Waals surface area contributed by atoms with Crippen LogP contribution < -0.4 is 11.1 Å². The summed E-state index contributed by atoms with van der Waals surface area (Å²) in [4.78, 5) is 23.0. The van der Waals surface area contributed by atoms with Crippen molar-refractivity contribution in [3.63, 3.8) is 0 Å². The van der Waals surface area contributed by atoms with Gasteiger partial charge in [0.15, 0.2) is 0 Å². The highest BCUT2D eigenvalue weighted by Gasteiger charge is 2.28. The maximum absolute atomic E-state index is 12.1. The molecule has 1 amide bonds. The zero-order valence-electron chi connectivity index (χ0n) is 12.8. The van der Waals surface area contributed by atoms with Crippen molar-refractivity contribution in [2.45, 2.75) is 45.7 Å². The Morgan fingerprint density at radius 3 is 2.24 bits per heavy atom. The molecule has 2 atom stereocenters. The molecular weight excluding hydrogens is 268 g/mol. The number of carbonyl (C=O) groups is 2. The lowest BCUT2D eigenvalue weighted by atomic mass is 9.84. The molecule has 1 aromatic carbocycles. The van der Waals surface area contributed by atoms with Crippen LogP contribution in [0.15, 0.2) is 30.3 Å². The van der Waals surface area contributed by atoms with Crippen LogP contribution in [0.3, 0.4) is 0 Å². The number of carbonyl (C=O) groups excluding carboxylic acids is 1. The standard InChI is InChI=1S/C16H24N2O3/c1-16(2,3)13(10-15(20)21)18-14(19)9-12(17)11-7-5-4-6-8-11/h4-8,12-13H,9-10,17H2,1-3H3,(H,18,19)(H,20,21). The van der Waals surface area contributed by atoms with Gasteiger partial charge in [0.1, 0.15) is 0 Å². The summed E-state index contributed by atoms with van der Waals surface area (Å²) in [6.07, 6.45) is 0.0338. The van der Waals surface area contributed by atoms with Crippen LogP contribution in [0, 0.1) is 5.41 Å². The molecule has 0 fully saturated rings. The van der Waals surface area contributed by atoms with E-state index in [1.807, 2.05) is 51.1 Å². The lowest BCUT2D eigenvalue weighted by molar-refractivity contribution is -0.138. The van der Waals surface area contributed by atoms with Gasteiger partial charge >= 0.3 is 5.97 Å². The van der Waals surface area contributed by atoms with Crippen molar-refractivity contribution in [1.82, 2.24) is 5.32 Å². The first kappa shape index (κ1) is 17.2. The van der Waals surface area contributed by atoms with E-state index < -0.39 is 18.1 Å². The Balaban J connectivity index is 2.64. The molecule has 0 aliphatic heterocycles. The molecule has 5 nitrogen and oxygen atoms in total. The van der Waals surface area contributed by atoms with Gasteiger partial charge in [0.05, 0.1) is 6.42 Å². The third kappa shape index (κ3) is 5.95. The van der Waals surface area contributed by atoms with Gasteiger partial charge in [-0.1, -0.05) is 51.1 Å². The number of carboxylic acid groups (broad SMARTS) is 1. The van der Waals surface area contributed by atoms with E-state index in [1.165, 1.54) is 0 Å². The molecule has 5 heteroatoms. The molecule has 0 spiro atoms. The summed E-state index contributed by atoms with van der Waals surface area (Å²) < 4.78 is 0. The number of benzene rings is 1. The second kappa shape index (κ2) is 7.22. The van der Waals surface area contributed by atoms with Crippen molar-refractivity contribution in [3.8, 4) is 0 Å². The monoisotopic (exact) mass is 292 g/mol. The molecule has 0 aliphatic carbocycles. The maximum Gasteiger partial charge on any atom is 0.305 e. The topological polar surface area (TPSA) is 92.4 Å².